The zero-order chi connectivity index (χ0) is 28.3. The van der Waals surface area contributed by atoms with Crippen LogP contribution in [-0.4, -0.2) is 28.6 Å². The molecule has 1 unspecified atom stereocenters. The van der Waals surface area contributed by atoms with Gasteiger partial charge in [0.05, 0.1) is 5.56 Å². The highest BCUT2D eigenvalue weighted by atomic mass is 16.6. The Morgan fingerprint density at radius 1 is 0.900 bits per heavy atom. The highest BCUT2D eigenvalue weighted by molar-refractivity contribution is 5.98. The fourth-order valence-corrected chi connectivity index (χ4v) is 6.41. The summed E-state index contributed by atoms with van der Waals surface area (Å²) in [6.07, 6.45) is 10.4. The lowest BCUT2D eigenvalue weighted by Gasteiger charge is -2.33. The van der Waals surface area contributed by atoms with Crippen LogP contribution in [0.3, 0.4) is 0 Å². The normalized spacial score (nSPS) is 16.4. The van der Waals surface area contributed by atoms with Crippen molar-refractivity contribution >= 4 is 22.6 Å². The molecule has 0 bridgehead atoms. The number of aromatic nitrogens is 2. The number of anilines is 1. The minimum absolute atomic E-state index is 0.293. The van der Waals surface area contributed by atoms with Crippen LogP contribution in [0.2, 0.25) is 0 Å². The summed E-state index contributed by atoms with van der Waals surface area (Å²) in [7, 11) is 0. The zero-order valence-corrected chi connectivity index (χ0v) is 24.8. The van der Waals surface area contributed by atoms with Crippen molar-refractivity contribution in [3.8, 4) is 0 Å². The lowest BCUT2D eigenvalue weighted by molar-refractivity contribution is 0.0251. The summed E-state index contributed by atoms with van der Waals surface area (Å²) in [4.78, 5) is 20.5. The molecule has 3 heterocycles. The molecule has 0 aliphatic carbocycles. The smallest absolute Gasteiger partial charge is 0.340 e. The molecule has 0 saturated carbocycles. The zero-order valence-electron chi connectivity index (χ0n) is 24.8. The Kier molecular flexibility index (Phi) is 8.30. The molecule has 5 nitrogen and oxygen atoms in total. The van der Waals surface area contributed by atoms with Crippen LogP contribution in [-0.2, 0) is 16.9 Å². The number of unbranched alkanes of at least 4 members (excludes halogenated alkanes) is 3. The lowest BCUT2D eigenvalue weighted by atomic mass is 9.77. The topological polar surface area (TPSA) is 47.4 Å². The number of esters is 1. The molecule has 0 saturated heterocycles. The maximum atomic E-state index is 13.5. The number of fused-ring (bicyclic) bond motifs is 2. The van der Waals surface area contributed by atoms with Gasteiger partial charge < -0.3 is 14.2 Å². The number of pyridine rings is 1. The highest BCUT2D eigenvalue weighted by Crippen LogP contribution is 2.51. The van der Waals surface area contributed by atoms with E-state index in [-0.39, 0.29) is 5.97 Å². The molecule has 210 valence electrons. The first-order chi connectivity index (χ1) is 19.5. The summed E-state index contributed by atoms with van der Waals surface area (Å²) >= 11 is 0. The van der Waals surface area contributed by atoms with Crippen molar-refractivity contribution in [1.82, 2.24) is 9.55 Å². The van der Waals surface area contributed by atoms with Crippen LogP contribution in [0.5, 0.6) is 0 Å². The van der Waals surface area contributed by atoms with Crippen LogP contribution in [0.25, 0.3) is 10.9 Å². The van der Waals surface area contributed by atoms with Crippen molar-refractivity contribution in [2.75, 3.05) is 18.0 Å². The van der Waals surface area contributed by atoms with Crippen molar-refractivity contribution in [3.05, 3.63) is 94.4 Å². The Morgan fingerprint density at radius 3 is 2.33 bits per heavy atom. The molecule has 1 aliphatic rings. The largest absolute Gasteiger partial charge is 0.440 e. The summed E-state index contributed by atoms with van der Waals surface area (Å²) in [5.41, 5.74) is 7.06. The Morgan fingerprint density at radius 2 is 1.62 bits per heavy atom. The number of rotatable bonds is 12. The third-order valence-corrected chi connectivity index (χ3v) is 8.50. The van der Waals surface area contributed by atoms with Gasteiger partial charge in [0.1, 0.15) is 0 Å². The van der Waals surface area contributed by atoms with Crippen molar-refractivity contribution < 1.29 is 9.53 Å². The number of cyclic esters (lactones) is 1. The molecule has 5 rings (SSSR count). The standard InChI is InChI=1S/C35H43N3O2/c1-6-9-20-37(21-10-7-2)27-16-17-30(25(4)23-27)35(31-24-36-19-18-28(31)34(39)40-35)33-26(5)38(22-11-8-3)32-15-13-12-14-29(32)33/h12-19,23-24H,6-11,20-22H2,1-5H3. The van der Waals surface area contributed by atoms with Gasteiger partial charge in [-0.15, -0.1) is 0 Å². The Bertz CT molecular complexity index is 1500. The molecular formula is C35H43N3O2. The van der Waals surface area contributed by atoms with Gasteiger partial charge in [0.2, 0.25) is 0 Å². The van der Waals surface area contributed by atoms with Gasteiger partial charge in [-0.1, -0.05) is 64.3 Å². The van der Waals surface area contributed by atoms with Gasteiger partial charge in [-0.05, 0) is 62.9 Å². The van der Waals surface area contributed by atoms with Crippen molar-refractivity contribution in [2.24, 2.45) is 0 Å². The van der Waals surface area contributed by atoms with Gasteiger partial charge in [-0.25, -0.2) is 4.79 Å². The number of aryl methyl sites for hydroxylation is 2. The molecule has 0 fully saturated rings. The first-order valence-electron chi connectivity index (χ1n) is 15.1. The van der Waals surface area contributed by atoms with E-state index in [2.05, 4.69) is 91.5 Å². The third-order valence-electron chi connectivity index (χ3n) is 8.50. The SMILES string of the molecule is CCCCN(CCCC)c1ccc(C2(c3c(C)n(CCCC)c4ccccc34)OC(=O)c3ccncc32)c(C)c1. The van der Waals surface area contributed by atoms with Gasteiger partial charge in [-0.3, -0.25) is 4.98 Å². The van der Waals surface area contributed by atoms with Crippen LogP contribution in [0.15, 0.2) is 60.9 Å². The average Bonchev–Trinajstić information content (AvgIpc) is 3.42. The van der Waals surface area contributed by atoms with E-state index in [0.717, 1.165) is 65.8 Å². The Balaban J connectivity index is 1.75. The molecule has 2 aromatic heterocycles. The van der Waals surface area contributed by atoms with Crippen LogP contribution >= 0.6 is 0 Å². The number of carbonyl (C=O) groups is 1. The van der Waals surface area contributed by atoms with E-state index in [9.17, 15) is 4.79 Å². The summed E-state index contributed by atoms with van der Waals surface area (Å²) in [6, 6.07) is 17.0. The number of hydrogen-bond acceptors (Lipinski definition) is 4. The molecular weight excluding hydrogens is 494 g/mol. The first-order valence-corrected chi connectivity index (χ1v) is 15.1. The van der Waals surface area contributed by atoms with Gasteiger partial charge in [0, 0.05) is 71.0 Å². The number of carbonyl (C=O) groups excluding carboxylic acids is 1. The van der Waals surface area contributed by atoms with Gasteiger partial charge >= 0.3 is 5.97 Å². The highest BCUT2D eigenvalue weighted by Gasteiger charge is 2.52. The molecule has 0 radical (unpaired) electrons. The molecule has 1 atom stereocenters. The minimum atomic E-state index is -1.07. The number of nitrogens with zero attached hydrogens (tertiary/aromatic N) is 3. The molecule has 1 aliphatic heterocycles. The summed E-state index contributed by atoms with van der Waals surface area (Å²) < 4.78 is 9.01. The van der Waals surface area contributed by atoms with E-state index in [1.807, 2.05) is 6.20 Å². The number of para-hydroxylation sites is 1. The van der Waals surface area contributed by atoms with E-state index >= 15 is 0 Å². The fourth-order valence-electron chi connectivity index (χ4n) is 6.41. The molecule has 4 aromatic rings. The van der Waals surface area contributed by atoms with Crippen LogP contribution in [0.1, 0.15) is 97.6 Å². The summed E-state index contributed by atoms with van der Waals surface area (Å²) in [5, 5.41) is 1.12. The minimum Gasteiger partial charge on any atom is -0.440 e. The molecule has 2 aromatic carbocycles. The molecule has 5 heteroatoms. The first kappa shape index (κ1) is 27.9. The molecule has 0 amide bonds. The predicted octanol–water partition coefficient (Wildman–Crippen LogP) is 8.32. The van der Waals surface area contributed by atoms with E-state index in [1.165, 1.54) is 36.9 Å². The molecule has 0 N–H and O–H groups in total. The van der Waals surface area contributed by atoms with Crippen molar-refractivity contribution in [1.29, 1.82) is 0 Å². The summed E-state index contributed by atoms with van der Waals surface area (Å²) in [5.74, 6) is -0.293. The third kappa shape index (κ3) is 4.70. The molecule has 40 heavy (non-hydrogen) atoms. The van der Waals surface area contributed by atoms with E-state index in [0.29, 0.717) is 5.56 Å². The maximum absolute atomic E-state index is 13.5. The maximum Gasteiger partial charge on any atom is 0.340 e. The van der Waals surface area contributed by atoms with E-state index < -0.39 is 5.60 Å². The van der Waals surface area contributed by atoms with Crippen LogP contribution in [0.4, 0.5) is 5.69 Å². The lowest BCUT2D eigenvalue weighted by Crippen LogP contribution is -2.32. The second-order valence-corrected chi connectivity index (χ2v) is 11.2. The van der Waals surface area contributed by atoms with Gasteiger partial charge in [0.25, 0.3) is 0 Å². The Hall–Kier alpha value is -3.60. The van der Waals surface area contributed by atoms with Gasteiger partial charge in [0.15, 0.2) is 5.60 Å². The summed E-state index contributed by atoms with van der Waals surface area (Å²) in [6.45, 7) is 14.1. The average molecular weight is 538 g/mol. The van der Waals surface area contributed by atoms with Crippen LogP contribution < -0.4 is 4.90 Å². The monoisotopic (exact) mass is 537 g/mol. The fraction of sp³-hybridized carbons (Fsp3) is 0.429. The van der Waals surface area contributed by atoms with Crippen molar-refractivity contribution in [3.63, 3.8) is 0 Å². The quantitative estimate of drug-likeness (QED) is 0.170. The Labute approximate surface area is 239 Å². The number of hydrogen-bond donors (Lipinski definition) is 0. The number of ether oxygens (including phenoxy) is 1. The van der Waals surface area contributed by atoms with Crippen LogP contribution in [0, 0.1) is 13.8 Å². The van der Waals surface area contributed by atoms with Crippen molar-refractivity contribution in [2.45, 2.75) is 85.3 Å². The van der Waals surface area contributed by atoms with E-state index in [1.54, 1.807) is 12.3 Å². The predicted molar refractivity (Wildman–Crippen MR) is 164 cm³/mol. The molecule has 0 spiro atoms. The van der Waals surface area contributed by atoms with Gasteiger partial charge in [-0.2, -0.15) is 0 Å². The number of benzene rings is 2. The second-order valence-electron chi connectivity index (χ2n) is 11.2. The second kappa shape index (κ2) is 11.9. The van der Waals surface area contributed by atoms with E-state index in [4.69, 9.17) is 4.74 Å².